The molecule has 0 aliphatic heterocycles. The Kier molecular flexibility index (Phi) is 7.38. The molecule has 0 saturated carbocycles. The quantitative estimate of drug-likeness (QED) is 0.375. The van der Waals surface area contributed by atoms with Crippen LogP contribution in [0.2, 0.25) is 0 Å². The molecule has 0 saturated heterocycles. The van der Waals surface area contributed by atoms with E-state index in [1.807, 2.05) is 0 Å². The molecule has 0 aliphatic carbocycles. The van der Waals surface area contributed by atoms with Gasteiger partial charge in [0, 0.05) is 0 Å². The highest BCUT2D eigenvalue weighted by Crippen LogP contribution is 2.10. The lowest BCUT2D eigenvalue weighted by Gasteiger charge is -2.14. The Hall–Kier alpha value is -1.96. The number of aromatic carboxylic acids is 1. The third-order valence-corrected chi connectivity index (χ3v) is 2.95. The zero-order chi connectivity index (χ0) is 15.7. The van der Waals surface area contributed by atoms with Crippen LogP contribution in [0.5, 0.6) is 0 Å². The van der Waals surface area contributed by atoms with E-state index in [1.54, 1.807) is 18.2 Å². The molecule has 1 atom stereocenters. The first-order valence-corrected chi connectivity index (χ1v) is 6.67. The van der Waals surface area contributed by atoms with Crippen LogP contribution in [0.1, 0.15) is 35.2 Å². The van der Waals surface area contributed by atoms with E-state index in [1.165, 1.54) is 6.07 Å². The Bertz CT molecular complexity index is 478. The minimum absolute atomic E-state index is 0.0247. The van der Waals surface area contributed by atoms with Crippen LogP contribution in [-0.2, 0) is 16.2 Å². The highest BCUT2D eigenvalue weighted by atomic mass is 16.6. The molecule has 5 N–H and O–H groups in total. The molecule has 0 heterocycles. The van der Waals surface area contributed by atoms with E-state index < -0.39 is 18.0 Å². The first kappa shape index (κ1) is 17.1. The van der Waals surface area contributed by atoms with Gasteiger partial charge in [0.2, 0.25) is 0 Å². The number of unbranched alkanes of at least 4 members (excludes halogenated alkanes) is 1. The summed E-state index contributed by atoms with van der Waals surface area (Å²) in [5.41, 5.74) is 8.43. The average Bonchev–Trinajstić information content (AvgIpc) is 2.45. The Morgan fingerprint density at radius 3 is 2.57 bits per heavy atom. The second kappa shape index (κ2) is 9.06. The van der Waals surface area contributed by atoms with Crippen molar-refractivity contribution in [3.63, 3.8) is 0 Å². The molecule has 0 amide bonds. The maximum absolute atomic E-state index is 11.0. The number of carboxylic acids is 2. The maximum Gasteiger partial charge on any atom is 0.336 e. The maximum atomic E-state index is 11.0. The van der Waals surface area contributed by atoms with Crippen molar-refractivity contribution in [2.24, 2.45) is 5.73 Å². The Labute approximate surface area is 122 Å². The largest absolute Gasteiger partial charge is 0.480 e. The fourth-order valence-corrected chi connectivity index (χ4v) is 1.80. The van der Waals surface area contributed by atoms with Gasteiger partial charge in [-0.3, -0.25) is 9.63 Å². The first-order chi connectivity index (χ1) is 10.1. The summed E-state index contributed by atoms with van der Waals surface area (Å²) in [6, 6.07) is 5.56. The van der Waals surface area contributed by atoms with Crippen molar-refractivity contribution in [2.45, 2.75) is 31.9 Å². The van der Waals surface area contributed by atoms with Crippen LogP contribution in [0.3, 0.4) is 0 Å². The van der Waals surface area contributed by atoms with Gasteiger partial charge in [0.15, 0.2) is 0 Å². The molecular formula is C14H20N2O5. The smallest absolute Gasteiger partial charge is 0.336 e. The fraction of sp³-hybridized carbons (Fsp3) is 0.429. The third kappa shape index (κ3) is 5.90. The molecule has 0 radical (unpaired) electrons. The number of hydrogen-bond donors (Lipinski definition) is 4. The third-order valence-electron chi connectivity index (χ3n) is 2.95. The van der Waals surface area contributed by atoms with Gasteiger partial charge < -0.3 is 15.9 Å². The molecule has 1 aromatic carbocycles. The van der Waals surface area contributed by atoms with Crippen molar-refractivity contribution in [1.29, 1.82) is 0 Å². The molecule has 116 valence electrons. The van der Waals surface area contributed by atoms with E-state index in [0.717, 1.165) is 6.42 Å². The van der Waals surface area contributed by atoms with Gasteiger partial charge in [0.25, 0.3) is 0 Å². The number of benzene rings is 1. The van der Waals surface area contributed by atoms with Gasteiger partial charge in [0.1, 0.15) is 6.04 Å². The number of nitrogens with one attached hydrogen (secondary N) is 1. The summed E-state index contributed by atoms with van der Waals surface area (Å²) in [6.07, 6.45) is 1.82. The Balaban J connectivity index is 2.50. The molecular weight excluding hydrogens is 276 g/mol. The number of carboxylic acid groups (broad SMARTS) is 2. The highest BCUT2D eigenvalue weighted by Gasteiger charge is 2.17. The SMILES string of the molecule is NCCCCC(NOCc1ccccc1C(=O)O)C(=O)O. The number of aliphatic carboxylic acids is 1. The number of hydroxylamine groups is 1. The van der Waals surface area contributed by atoms with E-state index in [9.17, 15) is 9.59 Å². The summed E-state index contributed by atoms with van der Waals surface area (Å²) in [7, 11) is 0. The lowest BCUT2D eigenvalue weighted by Crippen LogP contribution is -2.36. The van der Waals surface area contributed by atoms with Crippen molar-refractivity contribution in [3.05, 3.63) is 35.4 Å². The van der Waals surface area contributed by atoms with Crippen LogP contribution in [0.4, 0.5) is 0 Å². The van der Waals surface area contributed by atoms with E-state index in [-0.39, 0.29) is 12.2 Å². The van der Waals surface area contributed by atoms with E-state index in [4.69, 9.17) is 20.8 Å². The number of rotatable bonds is 10. The summed E-state index contributed by atoms with van der Waals surface area (Å²) in [4.78, 5) is 27.2. The summed E-state index contributed by atoms with van der Waals surface area (Å²) in [5.74, 6) is -2.06. The van der Waals surface area contributed by atoms with Crippen molar-refractivity contribution in [2.75, 3.05) is 6.54 Å². The molecule has 0 aromatic heterocycles. The van der Waals surface area contributed by atoms with Gasteiger partial charge in [-0.25, -0.2) is 4.79 Å². The lowest BCUT2D eigenvalue weighted by atomic mass is 10.1. The van der Waals surface area contributed by atoms with Crippen LogP contribution in [0.25, 0.3) is 0 Å². The monoisotopic (exact) mass is 296 g/mol. The fourth-order valence-electron chi connectivity index (χ4n) is 1.80. The van der Waals surface area contributed by atoms with Crippen molar-refractivity contribution in [3.8, 4) is 0 Å². The molecule has 0 aliphatic rings. The van der Waals surface area contributed by atoms with Gasteiger partial charge >= 0.3 is 11.9 Å². The number of hydrogen-bond acceptors (Lipinski definition) is 5. The van der Waals surface area contributed by atoms with Crippen LogP contribution < -0.4 is 11.2 Å². The molecule has 21 heavy (non-hydrogen) atoms. The standard InChI is InChI=1S/C14H20N2O5/c15-8-4-3-7-12(14(19)20)16-21-9-10-5-1-2-6-11(10)13(17)18/h1-2,5-6,12,16H,3-4,7-9,15H2,(H,17,18)(H,19,20). The molecule has 1 aromatic rings. The van der Waals surface area contributed by atoms with Crippen LogP contribution in [0, 0.1) is 0 Å². The molecule has 0 bridgehead atoms. The Morgan fingerprint density at radius 1 is 1.24 bits per heavy atom. The predicted octanol–water partition coefficient (Wildman–Crippen LogP) is 0.988. The zero-order valence-corrected chi connectivity index (χ0v) is 11.6. The van der Waals surface area contributed by atoms with E-state index in [2.05, 4.69) is 5.48 Å². The minimum Gasteiger partial charge on any atom is -0.480 e. The second-order valence-electron chi connectivity index (χ2n) is 4.54. The molecule has 1 unspecified atom stereocenters. The van der Waals surface area contributed by atoms with Gasteiger partial charge in [-0.05, 0) is 37.4 Å². The normalized spacial score (nSPS) is 12.0. The van der Waals surface area contributed by atoms with Crippen molar-refractivity contribution >= 4 is 11.9 Å². The summed E-state index contributed by atoms with van der Waals surface area (Å²) in [5, 5.41) is 18.1. The highest BCUT2D eigenvalue weighted by molar-refractivity contribution is 5.89. The van der Waals surface area contributed by atoms with Crippen LogP contribution in [0.15, 0.2) is 24.3 Å². The lowest BCUT2D eigenvalue weighted by molar-refractivity contribution is -0.145. The summed E-state index contributed by atoms with van der Waals surface area (Å²) < 4.78 is 0. The molecule has 7 heteroatoms. The van der Waals surface area contributed by atoms with Gasteiger partial charge in [-0.1, -0.05) is 18.2 Å². The number of nitrogens with two attached hydrogens (primary N) is 1. The van der Waals surface area contributed by atoms with Crippen molar-refractivity contribution in [1.82, 2.24) is 5.48 Å². The second-order valence-corrected chi connectivity index (χ2v) is 4.54. The Morgan fingerprint density at radius 2 is 1.95 bits per heavy atom. The average molecular weight is 296 g/mol. The predicted molar refractivity (Wildman–Crippen MR) is 75.7 cm³/mol. The number of carbonyl (C=O) groups is 2. The first-order valence-electron chi connectivity index (χ1n) is 6.67. The van der Waals surface area contributed by atoms with Crippen molar-refractivity contribution < 1.29 is 24.6 Å². The van der Waals surface area contributed by atoms with E-state index in [0.29, 0.717) is 24.9 Å². The topological polar surface area (TPSA) is 122 Å². The van der Waals surface area contributed by atoms with Gasteiger partial charge in [-0.15, -0.1) is 0 Å². The van der Waals surface area contributed by atoms with Gasteiger partial charge in [-0.2, -0.15) is 5.48 Å². The summed E-state index contributed by atoms with van der Waals surface area (Å²) >= 11 is 0. The molecule has 7 nitrogen and oxygen atoms in total. The van der Waals surface area contributed by atoms with Gasteiger partial charge in [0.05, 0.1) is 12.2 Å². The van der Waals surface area contributed by atoms with Crippen LogP contribution in [-0.4, -0.2) is 34.7 Å². The molecule has 0 fully saturated rings. The minimum atomic E-state index is -1.05. The zero-order valence-electron chi connectivity index (χ0n) is 11.6. The van der Waals surface area contributed by atoms with Crippen LogP contribution >= 0.6 is 0 Å². The van der Waals surface area contributed by atoms with E-state index >= 15 is 0 Å². The summed E-state index contributed by atoms with van der Waals surface area (Å²) in [6.45, 7) is 0.488. The molecule has 0 spiro atoms. The molecule has 1 rings (SSSR count).